The molecule has 3 rings (SSSR count). The number of rotatable bonds is 7. The van der Waals surface area contributed by atoms with Crippen LogP contribution in [0.2, 0.25) is 0 Å². The molecular weight excluding hydrogens is 446 g/mol. The van der Waals surface area contributed by atoms with Crippen molar-refractivity contribution < 1.29 is 36.3 Å². The summed E-state index contributed by atoms with van der Waals surface area (Å²) in [6.45, 7) is -0.397. The SMILES string of the molecule is COc1cc(F)c(C2CN(CS(C)(=O)=O)C(=O)C2NC(=O)OCc2ccccc2)c(F)c1. The van der Waals surface area contributed by atoms with E-state index in [2.05, 4.69) is 5.32 Å². The first-order valence-corrected chi connectivity index (χ1v) is 11.6. The molecule has 0 saturated carbocycles. The van der Waals surface area contributed by atoms with Crippen molar-refractivity contribution in [1.29, 1.82) is 0 Å². The fourth-order valence-electron chi connectivity index (χ4n) is 3.55. The van der Waals surface area contributed by atoms with Crippen LogP contribution in [0.3, 0.4) is 0 Å². The number of hydrogen-bond acceptors (Lipinski definition) is 6. The van der Waals surface area contributed by atoms with Gasteiger partial charge in [-0.05, 0) is 5.56 Å². The van der Waals surface area contributed by atoms with Gasteiger partial charge in [-0.25, -0.2) is 22.0 Å². The predicted molar refractivity (Wildman–Crippen MR) is 111 cm³/mol. The smallest absolute Gasteiger partial charge is 0.408 e. The fraction of sp³-hybridized carbons (Fsp3) is 0.333. The molecular formula is C21H22F2N2O6S. The Morgan fingerprint density at radius 2 is 1.81 bits per heavy atom. The predicted octanol–water partition coefficient (Wildman–Crippen LogP) is 2.20. The van der Waals surface area contributed by atoms with E-state index in [-0.39, 0.29) is 18.9 Å². The van der Waals surface area contributed by atoms with Crippen molar-refractivity contribution in [3.05, 3.63) is 65.2 Å². The van der Waals surface area contributed by atoms with Gasteiger partial charge in [-0.1, -0.05) is 30.3 Å². The number of ether oxygens (including phenoxy) is 2. The summed E-state index contributed by atoms with van der Waals surface area (Å²) in [6, 6.07) is 9.24. The monoisotopic (exact) mass is 468 g/mol. The maximum absolute atomic E-state index is 14.7. The van der Waals surface area contributed by atoms with E-state index in [1.54, 1.807) is 30.3 Å². The van der Waals surface area contributed by atoms with Gasteiger partial charge >= 0.3 is 6.09 Å². The van der Waals surface area contributed by atoms with Crippen LogP contribution in [0, 0.1) is 11.6 Å². The fourth-order valence-corrected chi connectivity index (χ4v) is 4.34. The van der Waals surface area contributed by atoms with E-state index < -0.39 is 56.9 Å². The Morgan fingerprint density at radius 3 is 2.38 bits per heavy atom. The lowest BCUT2D eigenvalue weighted by atomic mass is 9.93. The summed E-state index contributed by atoms with van der Waals surface area (Å²) in [4.78, 5) is 26.1. The second-order valence-electron chi connectivity index (χ2n) is 7.41. The van der Waals surface area contributed by atoms with Gasteiger partial charge in [0, 0.05) is 36.4 Å². The minimum atomic E-state index is -3.62. The molecule has 0 radical (unpaired) electrons. The summed E-state index contributed by atoms with van der Waals surface area (Å²) < 4.78 is 62.8. The summed E-state index contributed by atoms with van der Waals surface area (Å²) >= 11 is 0. The molecule has 0 aromatic heterocycles. The molecule has 2 amide bonds. The van der Waals surface area contributed by atoms with Gasteiger partial charge in [-0.2, -0.15) is 0 Å². The van der Waals surface area contributed by atoms with Crippen molar-refractivity contribution in [3.8, 4) is 5.75 Å². The highest BCUT2D eigenvalue weighted by atomic mass is 32.2. The molecule has 11 heteroatoms. The van der Waals surface area contributed by atoms with Gasteiger partial charge in [-0.15, -0.1) is 0 Å². The lowest BCUT2D eigenvalue weighted by molar-refractivity contribution is -0.128. The lowest BCUT2D eigenvalue weighted by Crippen LogP contribution is -2.44. The summed E-state index contributed by atoms with van der Waals surface area (Å²) in [5, 5.41) is 2.33. The number of carbonyl (C=O) groups is 2. The Morgan fingerprint density at radius 1 is 1.19 bits per heavy atom. The molecule has 1 aliphatic rings. The van der Waals surface area contributed by atoms with Gasteiger partial charge in [-0.3, -0.25) is 4.79 Å². The molecule has 2 aromatic carbocycles. The molecule has 1 heterocycles. The standard InChI is InChI=1S/C21H22F2N2O6S/c1-30-14-8-16(22)18(17(23)9-14)15-10-25(12-32(2,28)29)20(26)19(15)24-21(27)31-11-13-6-4-3-5-7-13/h3-9,15,19H,10-12H2,1-2H3,(H,24,27). The second-order valence-corrected chi connectivity index (χ2v) is 9.52. The molecule has 0 spiro atoms. The number of alkyl carbamates (subject to hydrolysis) is 1. The third kappa shape index (κ3) is 5.52. The van der Waals surface area contributed by atoms with Crippen LogP contribution in [-0.2, 0) is 26.0 Å². The van der Waals surface area contributed by atoms with Crippen LogP contribution in [0.1, 0.15) is 17.0 Å². The number of nitrogens with zero attached hydrogens (tertiary/aromatic N) is 1. The normalized spacial score (nSPS) is 18.5. The number of hydrogen-bond donors (Lipinski definition) is 1. The first-order chi connectivity index (χ1) is 15.1. The molecule has 1 N–H and O–H groups in total. The number of carbonyl (C=O) groups excluding carboxylic acids is 2. The van der Waals surface area contributed by atoms with E-state index in [0.29, 0.717) is 5.56 Å². The average molecular weight is 468 g/mol. The summed E-state index contributed by atoms with van der Waals surface area (Å²) in [6.07, 6.45) is -0.0497. The van der Waals surface area contributed by atoms with Crippen LogP contribution in [0.4, 0.5) is 13.6 Å². The minimum Gasteiger partial charge on any atom is -0.497 e. The van der Waals surface area contributed by atoms with Crippen molar-refractivity contribution in [3.63, 3.8) is 0 Å². The Labute approximate surface area is 184 Å². The van der Waals surface area contributed by atoms with E-state index in [4.69, 9.17) is 9.47 Å². The van der Waals surface area contributed by atoms with Crippen LogP contribution < -0.4 is 10.1 Å². The van der Waals surface area contributed by atoms with Crippen LogP contribution in [0.15, 0.2) is 42.5 Å². The highest BCUT2D eigenvalue weighted by Crippen LogP contribution is 2.34. The van der Waals surface area contributed by atoms with E-state index >= 15 is 0 Å². The molecule has 2 aromatic rings. The Hall–Kier alpha value is -3.21. The first kappa shape index (κ1) is 23.5. The molecule has 2 atom stereocenters. The molecule has 1 aliphatic heterocycles. The second kappa shape index (κ2) is 9.51. The lowest BCUT2D eigenvalue weighted by Gasteiger charge is -2.20. The van der Waals surface area contributed by atoms with Gasteiger partial charge in [0.05, 0.1) is 7.11 Å². The van der Waals surface area contributed by atoms with Crippen LogP contribution >= 0.6 is 0 Å². The number of nitrogens with one attached hydrogen (secondary N) is 1. The molecule has 0 aliphatic carbocycles. The van der Waals surface area contributed by atoms with Crippen LogP contribution in [-0.4, -0.2) is 57.1 Å². The zero-order valence-electron chi connectivity index (χ0n) is 17.4. The number of methoxy groups -OCH3 is 1. The van der Waals surface area contributed by atoms with Crippen molar-refractivity contribution in [2.75, 3.05) is 25.8 Å². The number of amides is 2. The molecule has 1 fully saturated rings. The van der Waals surface area contributed by atoms with Gasteiger partial charge in [0.25, 0.3) is 0 Å². The number of likely N-dealkylation sites (tertiary alicyclic amines) is 1. The van der Waals surface area contributed by atoms with Gasteiger partial charge < -0.3 is 19.7 Å². The zero-order valence-corrected chi connectivity index (χ0v) is 18.2. The molecule has 172 valence electrons. The molecule has 1 saturated heterocycles. The Kier molecular flexibility index (Phi) is 6.97. The van der Waals surface area contributed by atoms with Crippen LogP contribution in [0.5, 0.6) is 5.75 Å². The zero-order chi connectivity index (χ0) is 23.5. The van der Waals surface area contributed by atoms with E-state index in [1.165, 1.54) is 7.11 Å². The third-order valence-electron chi connectivity index (χ3n) is 4.93. The topological polar surface area (TPSA) is 102 Å². The summed E-state index contributed by atoms with van der Waals surface area (Å²) in [7, 11) is -2.38. The van der Waals surface area contributed by atoms with Gasteiger partial charge in [0.1, 0.15) is 35.9 Å². The largest absolute Gasteiger partial charge is 0.497 e. The van der Waals surface area contributed by atoms with E-state index in [0.717, 1.165) is 23.3 Å². The van der Waals surface area contributed by atoms with Crippen LogP contribution in [0.25, 0.3) is 0 Å². The minimum absolute atomic E-state index is 0.0622. The summed E-state index contributed by atoms with van der Waals surface area (Å²) in [5.74, 6) is -4.64. The first-order valence-electron chi connectivity index (χ1n) is 9.55. The van der Waals surface area contributed by atoms with E-state index in [9.17, 15) is 26.8 Å². The Balaban J connectivity index is 1.86. The van der Waals surface area contributed by atoms with Crippen molar-refractivity contribution >= 4 is 21.8 Å². The van der Waals surface area contributed by atoms with E-state index in [1.807, 2.05) is 0 Å². The van der Waals surface area contributed by atoms with Gasteiger partial charge in [0.15, 0.2) is 9.84 Å². The molecule has 8 nitrogen and oxygen atoms in total. The number of sulfone groups is 1. The maximum atomic E-state index is 14.7. The highest BCUT2D eigenvalue weighted by molar-refractivity contribution is 7.90. The molecule has 2 unspecified atom stereocenters. The van der Waals surface area contributed by atoms with Crippen molar-refractivity contribution in [2.24, 2.45) is 0 Å². The third-order valence-corrected chi connectivity index (χ3v) is 5.71. The number of halogens is 2. The Bertz CT molecular complexity index is 1090. The highest BCUT2D eigenvalue weighted by Gasteiger charge is 2.45. The maximum Gasteiger partial charge on any atom is 0.408 e. The summed E-state index contributed by atoms with van der Waals surface area (Å²) in [5.41, 5.74) is 0.242. The quantitative estimate of drug-likeness (QED) is 0.669. The molecule has 0 bridgehead atoms. The average Bonchev–Trinajstić information content (AvgIpc) is 3.00. The van der Waals surface area contributed by atoms with Gasteiger partial charge in [0.2, 0.25) is 5.91 Å². The van der Waals surface area contributed by atoms with Crippen molar-refractivity contribution in [2.45, 2.75) is 18.6 Å². The molecule has 32 heavy (non-hydrogen) atoms. The van der Waals surface area contributed by atoms with Crippen molar-refractivity contribution in [1.82, 2.24) is 10.2 Å². The number of benzene rings is 2.